The molecule has 0 aliphatic carbocycles. The van der Waals surface area contributed by atoms with Gasteiger partial charge in [-0.15, -0.1) is 10.2 Å². The van der Waals surface area contributed by atoms with Crippen molar-refractivity contribution in [3.05, 3.63) is 42.5 Å². The fourth-order valence-electron chi connectivity index (χ4n) is 2.63. The fourth-order valence-corrected chi connectivity index (χ4v) is 2.63. The number of likely N-dealkylation sites (tertiary alicyclic amines) is 1. The molecule has 1 aliphatic heterocycles. The molecule has 1 amide bonds. The average Bonchev–Trinajstić information content (AvgIpc) is 3.17. The second-order valence-corrected chi connectivity index (χ2v) is 5.11. The molecule has 1 aliphatic rings. The number of hydrogen-bond acceptors (Lipinski definition) is 3. The first-order valence-corrected chi connectivity index (χ1v) is 6.79. The molecule has 8 heteroatoms. The normalized spacial score (nSPS) is 18.7. The Labute approximate surface area is 124 Å². The van der Waals surface area contributed by atoms with Crippen LogP contribution in [0.15, 0.2) is 36.9 Å². The van der Waals surface area contributed by atoms with Crippen LogP contribution in [0.2, 0.25) is 0 Å². The molecule has 1 aromatic heterocycles. The predicted octanol–water partition coefficient (Wildman–Crippen LogP) is 2.43. The van der Waals surface area contributed by atoms with Crippen molar-refractivity contribution in [1.82, 2.24) is 19.7 Å². The number of alkyl halides is 3. The Hall–Kier alpha value is -2.38. The predicted molar refractivity (Wildman–Crippen MR) is 71.5 cm³/mol. The zero-order valence-electron chi connectivity index (χ0n) is 11.5. The van der Waals surface area contributed by atoms with Crippen LogP contribution in [0.3, 0.4) is 0 Å². The van der Waals surface area contributed by atoms with E-state index in [4.69, 9.17) is 0 Å². The molecule has 0 saturated carbocycles. The third-order valence-corrected chi connectivity index (χ3v) is 3.72. The minimum Gasteiger partial charge on any atom is -0.327 e. The van der Waals surface area contributed by atoms with Gasteiger partial charge in [-0.3, -0.25) is 9.36 Å². The highest BCUT2D eigenvalue weighted by atomic mass is 19.4. The van der Waals surface area contributed by atoms with Gasteiger partial charge in [0, 0.05) is 17.8 Å². The molecule has 1 atom stereocenters. The maximum absolute atomic E-state index is 12.9. The molecular weight excluding hydrogens is 297 g/mol. The lowest BCUT2D eigenvalue weighted by molar-refractivity contribution is -0.169. The molecule has 1 saturated heterocycles. The smallest absolute Gasteiger partial charge is 0.327 e. The SMILES string of the molecule is O=C(c1ccc(-n2cnnc2)cc1)N1CCC[C@H]1C(F)(F)F. The van der Waals surface area contributed by atoms with Gasteiger partial charge in [-0.25, -0.2) is 0 Å². The molecule has 2 aromatic rings. The Morgan fingerprint density at radius 1 is 1.14 bits per heavy atom. The van der Waals surface area contributed by atoms with Gasteiger partial charge < -0.3 is 4.90 Å². The van der Waals surface area contributed by atoms with Gasteiger partial charge in [0.2, 0.25) is 0 Å². The fraction of sp³-hybridized carbons (Fsp3) is 0.357. The van der Waals surface area contributed by atoms with Gasteiger partial charge in [0.05, 0.1) is 0 Å². The van der Waals surface area contributed by atoms with E-state index in [1.54, 1.807) is 16.7 Å². The Morgan fingerprint density at radius 3 is 2.36 bits per heavy atom. The van der Waals surface area contributed by atoms with E-state index in [0.717, 1.165) is 10.6 Å². The summed E-state index contributed by atoms with van der Waals surface area (Å²) >= 11 is 0. The first-order valence-electron chi connectivity index (χ1n) is 6.79. The van der Waals surface area contributed by atoms with Crippen molar-refractivity contribution in [1.29, 1.82) is 0 Å². The van der Waals surface area contributed by atoms with Crippen molar-refractivity contribution in [2.24, 2.45) is 0 Å². The van der Waals surface area contributed by atoms with E-state index >= 15 is 0 Å². The van der Waals surface area contributed by atoms with E-state index in [9.17, 15) is 18.0 Å². The lowest BCUT2D eigenvalue weighted by atomic mass is 10.1. The van der Waals surface area contributed by atoms with Gasteiger partial charge in [0.1, 0.15) is 18.7 Å². The molecule has 0 spiro atoms. The van der Waals surface area contributed by atoms with E-state index in [1.165, 1.54) is 24.8 Å². The minimum atomic E-state index is -4.38. The third-order valence-electron chi connectivity index (χ3n) is 3.72. The summed E-state index contributed by atoms with van der Waals surface area (Å²) in [5.74, 6) is -0.588. The highest BCUT2D eigenvalue weighted by molar-refractivity contribution is 5.94. The average molecular weight is 310 g/mol. The second-order valence-electron chi connectivity index (χ2n) is 5.11. The number of carbonyl (C=O) groups is 1. The van der Waals surface area contributed by atoms with Gasteiger partial charge >= 0.3 is 6.18 Å². The quantitative estimate of drug-likeness (QED) is 0.856. The molecule has 116 valence electrons. The van der Waals surface area contributed by atoms with E-state index in [2.05, 4.69) is 10.2 Å². The summed E-state index contributed by atoms with van der Waals surface area (Å²) < 4.78 is 40.4. The van der Waals surface area contributed by atoms with E-state index in [-0.39, 0.29) is 18.5 Å². The van der Waals surface area contributed by atoms with Crippen molar-refractivity contribution in [2.45, 2.75) is 25.1 Å². The Kier molecular flexibility index (Phi) is 3.59. The van der Waals surface area contributed by atoms with Crippen LogP contribution in [0.25, 0.3) is 5.69 Å². The van der Waals surface area contributed by atoms with Crippen LogP contribution in [-0.4, -0.2) is 44.3 Å². The zero-order valence-corrected chi connectivity index (χ0v) is 11.5. The van der Waals surface area contributed by atoms with E-state index < -0.39 is 18.1 Å². The highest BCUT2D eigenvalue weighted by Gasteiger charge is 2.47. The van der Waals surface area contributed by atoms with Crippen LogP contribution in [0.5, 0.6) is 0 Å². The number of amides is 1. The summed E-state index contributed by atoms with van der Waals surface area (Å²) in [4.78, 5) is 13.2. The molecule has 5 nitrogen and oxygen atoms in total. The van der Waals surface area contributed by atoms with E-state index in [0.29, 0.717) is 6.42 Å². The van der Waals surface area contributed by atoms with Crippen molar-refractivity contribution >= 4 is 5.91 Å². The number of aromatic nitrogens is 3. The summed E-state index contributed by atoms with van der Waals surface area (Å²) in [5, 5.41) is 7.34. The standard InChI is InChI=1S/C14H13F3N4O/c15-14(16,17)12-2-1-7-21(12)13(22)10-3-5-11(6-4-10)20-8-18-19-9-20/h3-6,8-9,12H,1-2,7H2/t12-/m0/s1. The highest BCUT2D eigenvalue weighted by Crippen LogP contribution is 2.33. The summed E-state index contributed by atoms with van der Waals surface area (Å²) in [6.07, 6.45) is -1.05. The Balaban J connectivity index is 1.80. The maximum atomic E-state index is 12.9. The molecule has 0 bridgehead atoms. The number of rotatable bonds is 2. The van der Waals surface area contributed by atoms with Crippen LogP contribution in [-0.2, 0) is 0 Å². The lowest BCUT2D eigenvalue weighted by Crippen LogP contribution is -2.44. The molecule has 22 heavy (non-hydrogen) atoms. The molecule has 1 aromatic carbocycles. The van der Waals surface area contributed by atoms with Gasteiger partial charge in [-0.2, -0.15) is 13.2 Å². The van der Waals surface area contributed by atoms with Gasteiger partial charge in [-0.05, 0) is 37.1 Å². The zero-order chi connectivity index (χ0) is 15.7. The van der Waals surface area contributed by atoms with Crippen molar-refractivity contribution < 1.29 is 18.0 Å². The Morgan fingerprint density at radius 2 is 1.77 bits per heavy atom. The molecular formula is C14H13F3N4O. The summed E-state index contributed by atoms with van der Waals surface area (Å²) in [5.41, 5.74) is 0.975. The lowest BCUT2D eigenvalue weighted by Gasteiger charge is -2.26. The Bertz CT molecular complexity index is 652. The number of benzene rings is 1. The third kappa shape index (κ3) is 2.68. The van der Waals surface area contributed by atoms with Crippen molar-refractivity contribution in [2.75, 3.05) is 6.54 Å². The molecule has 0 N–H and O–H groups in total. The number of hydrogen-bond donors (Lipinski definition) is 0. The van der Waals surface area contributed by atoms with Crippen LogP contribution >= 0.6 is 0 Å². The maximum Gasteiger partial charge on any atom is 0.408 e. The molecule has 0 unspecified atom stereocenters. The number of halogens is 3. The minimum absolute atomic E-state index is 0.0337. The van der Waals surface area contributed by atoms with Gasteiger partial charge in [0.25, 0.3) is 5.91 Å². The van der Waals surface area contributed by atoms with Crippen LogP contribution < -0.4 is 0 Å². The van der Waals surface area contributed by atoms with Crippen LogP contribution in [0, 0.1) is 0 Å². The van der Waals surface area contributed by atoms with Gasteiger partial charge in [0.15, 0.2) is 0 Å². The first kappa shape index (κ1) is 14.6. The van der Waals surface area contributed by atoms with E-state index in [1.807, 2.05) is 0 Å². The largest absolute Gasteiger partial charge is 0.408 e. The van der Waals surface area contributed by atoms with Crippen molar-refractivity contribution in [3.8, 4) is 5.69 Å². The molecule has 2 heterocycles. The monoisotopic (exact) mass is 310 g/mol. The second kappa shape index (κ2) is 5.43. The van der Waals surface area contributed by atoms with Crippen LogP contribution in [0.4, 0.5) is 13.2 Å². The number of nitrogens with zero attached hydrogens (tertiary/aromatic N) is 4. The molecule has 1 fully saturated rings. The summed E-state index contributed by atoms with van der Waals surface area (Å²) in [6, 6.07) is 4.65. The van der Waals surface area contributed by atoms with Crippen molar-refractivity contribution in [3.63, 3.8) is 0 Å². The topological polar surface area (TPSA) is 51.0 Å². The summed E-state index contributed by atoms with van der Waals surface area (Å²) in [7, 11) is 0. The molecule has 3 rings (SSSR count). The first-order chi connectivity index (χ1) is 10.5. The summed E-state index contributed by atoms with van der Waals surface area (Å²) in [6.45, 7) is 0.135. The number of carbonyl (C=O) groups excluding carboxylic acids is 1. The van der Waals surface area contributed by atoms with Gasteiger partial charge in [-0.1, -0.05) is 0 Å². The molecule has 0 radical (unpaired) electrons. The van der Waals surface area contributed by atoms with Crippen LogP contribution in [0.1, 0.15) is 23.2 Å².